The van der Waals surface area contributed by atoms with Crippen molar-refractivity contribution in [2.45, 2.75) is 19.8 Å². The van der Waals surface area contributed by atoms with Gasteiger partial charge in [0, 0.05) is 5.39 Å². The van der Waals surface area contributed by atoms with Gasteiger partial charge in [-0.25, -0.2) is 0 Å². The molecule has 0 saturated heterocycles. The van der Waals surface area contributed by atoms with Crippen molar-refractivity contribution in [1.82, 2.24) is 4.98 Å². The number of pyridine rings is 1. The van der Waals surface area contributed by atoms with Crippen LogP contribution in [0.5, 0.6) is 0 Å². The second kappa shape index (κ2) is 3.70. The summed E-state index contributed by atoms with van der Waals surface area (Å²) in [5.41, 5.74) is 8.63. The molecule has 0 saturated carbocycles. The van der Waals surface area contributed by atoms with Gasteiger partial charge in [0.2, 0.25) is 0 Å². The maximum atomic E-state index is 6.08. The molecule has 1 aromatic carbocycles. The van der Waals surface area contributed by atoms with Crippen LogP contribution in [0.25, 0.3) is 10.9 Å². The quantitative estimate of drug-likeness (QED) is 0.798. The number of hydrogen-bond donors (Lipinski definition) is 1. The minimum absolute atomic E-state index is 0.369. The van der Waals surface area contributed by atoms with Gasteiger partial charge in [0.15, 0.2) is 0 Å². The van der Waals surface area contributed by atoms with Crippen molar-refractivity contribution in [3.63, 3.8) is 0 Å². The van der Waals surface area contributed by atoms with Crippen molar-refractivity contribution in [3.8, 4) is 0 Å². The standard InChI is InChI=1S/C12H13ClN2/c1-7(2)11-8-4-3-5-9(13)12(8)15-6-10(11)14/h3-7H,14H2,1-2H3. The number of nitrogens with zero attached hydrogens (tertiary/aromatic N) is 1. The average molecular weight is 221 g/mol. The highest BCUT2D eigenvalue weighted by molar-refractivity contribution is 6.35. The second-order valence-electron chi connectivity index (χ2n) is 3.92. The van der Waals surface area contributed by atoms with E-state index in [1.54, 1.807) is 6.20 Å². The van der Waals surface area contributed by atoms with Crippen molar-refractivity contribution < 1.29 is 0 Å². The molecule has 2 N–H and O–H groups in total. The van der Waals surface area contributed by atoms with Gasteiger partial charge in [-0.2, -0.15) is 0 Å². The van der Waals surface area contributed by atoms with Crippen molar-refractivity contribution in [2.75, 3.05) is 5.73 Å². The largest absolute Gasteiger partial charge is 0.397 e. The Hall–Kier alpha value is -1.28. The highest BCUT2D eigenvalue weighted by Gasteiger charge is 2.11. The van der Waals surface area contributed by atoms with Gasteiger partial charge < -0.3 is 5.73 Å². The first-order valence-corrected chi connectivity index (χ1v) is 5.31. The van der Waals surface area contributed by atoms with Gasteiger partial charge in [-0.05, 0) is 17.5 Å². The van der Waals surface area contributed by atoms with Gasteiger partial charge in [-0.15, -0.1) is 0 Å². The van der Waals surface area contributed by atoms with E-state index in [1.807, 2.05) is 18.2 Å². The number of fused-ring (bicyclic) bond motifs is 1. The topological polar surface area (TPSA) is 38.9 Å². The number of para-hydroxylation sites is 1. The summed E-state index contributed by atoms with van der Waals surface area (Å²) in [6.45, 7) is 4.23. The van der Waals surface area contributed by atoms with E-state index in [9.17, 15) is 0 Å². The van der Waals surface area contributed by atoms with Crippen molar-refractivity contribution in [3.05, 3.63) is 35.0 Å². The Bertz CT molecular complexity index is 506. The van der Waals surface area contributed by atoms with Crippen LogP contribution >= 0.6 is 11.6 Å². The number of anilines is 1. The molecule has 0 aliphatic heterocycles. The lowest BCUT2D eigenvalue weighted by Crippen LogP contribution is -1.99. The normalized spacial score (nSPS) is 11.2. The molecule has 2 nitrogen and oxygen atoms in total. The maximum absolute atomic E-state index is 6.08. The SMILES string of the molecule is CC(C)c1c(N)cnc2c(Cl)cccc12. The smallest absolute Gasteiger partial charge is 0.0892 e. The summed E-state index contributed by atoms with van der Waals surface area (Å²) in [6.07, 6.45) is 1.68. The van der Waals surface area contributed by atoms with Crippen LogP contribution in [-0.4, -0.2) is 4.98 Å². The zero-order valence-electron chi connectivity index (χ0n) is 8.79. The van der Waals surface area contributed by atoms with Gasteiger partial charge in [0.1, 0.15) is 0 Å². The minimum Gasteiger partial charge on any atom is -0.397 e. The summed E-state index contributed by atoms with van der Waals surface area (Å²) in [4.78, 5) is 4.27. The van der Waals surface area contributed by atoms with Gasteiger partial charge in [0.05, 0.1) is 22.4 Å². The van der Waals surface area contributed by atoms with Gasteiger partial charge >= 0.3 is 0 Å². The number of benzene rings is 1. The number of aromatic nitrogens is 1. The summed E-state index contributed by atoms with van der Waals surface area (Å²) in [7, 11) is 0. The lowest BCUT2D eigenvalue weighted by atomic mass is 9.97. The molecule has 0 spiro atoms. The molecule has 2 rings (SSSR count). The van der Waals surface area contributed by atoms with E-state index >= 15 is 0 Å². The summed E-state index contributed by atoms with van der Waals surface area (Å²) in [5.74, 6) is 0.369. The van der Waals surface area contributed by atoms with E-state index in [0.717, 1.165) is 22.2 Å². The van der Waals surface area contributed by atoms with Crippen LogP contribution in [0, 0.1) is 0 Å². The molecule has 0 amide bonds. The fraction of sp³-hybridized carbons (Fsp3) is 0.250. The highest BCUT2D eigenvalue weighted by atomic mass is 35.5. The molecular formula is C12H13ClN2. The molecule has 0 fully saturated rings. The van der Waals surface area contributed by atoms with E-state index in [1.165, 1.54) is 0 Å². The summed E-state index contributed by atoms with van der Waals surface area (Å²) < 4.78 is 0. The zero-order valence-corrected chi connectivity index (χ0v) is 9.55. The Kier molecular flexibility index (Phi) is 2.53. The highest BCUT2D eigenvalue weighted by Crippen LogP contribution is 2.31. The molecule has 0 atom stereocenters. The molecule has 3 heteroatoms. The Balaban J connectivity index is 2.88. The third-order valence-corrected chi connectivity index (χ3v) is 2.80. The van der Waals surface area contributed by atoms with Crippen LogP contribution in [0.2, 0.25) is 5.02 Å². The average Bonchev–Trinajstić information content (AvgIpc) is 2.17. The predicted octanol–water partition coefficient (Wildman–Crippen LogP) is 3.59. The van der Waals surface area contributed by atoms with E-state index in [2.05, 4.69) is 18.8 Å². The summed E-state index contributed by atoms with van der Waals surface area (Å²) in [5, 5.41) is 1.73. The molecule has 2 aromatic rings. The van der Waals surface area contributed by atoms with Gasteiger partial charge in [-0.3, -0.25) is 4.98 Å². The Labute approximate surface area is 94.1 Å². The number of nitrogen functional groups attached to an aromatic ring is 1. The maximum Gasteiger partial charge on any atom is 0.0892 e. The van der Waals surface area contributed by atoms with Gasteiger partial charge in [0.25, 0.3) is 0 Å². The first-order valence-electron chi connectivity index (χ1n) is 4.94. The third-order valence-electron chi connectivity index (χ3n) is 2.50. The van der Waals surface area contributed by atoms with Crippen LogP contribution < -0.4 is 5.73 Å². The number of rotatable bonds is 1. The van der Waals surface area contributed by atoms with Crippen molar-refractivity contribution >= 4 is 28.2 Å². The lowest BCUT2D eigenvalue weighted by Gasteiger charge is -2.12. The molecule has 1 heterocycles. The molecule has 78 valence electrons. The monoisotopic (exact) mass is 220 g/mol. The first kappa shape index (κ1) is 10.2. The number of halogens is 1. The van der Waals surface area contributed by atoms with Crippen LogP contribution in [0.3, 0.4) is 0 Å². The second-order valence-corrected chi connectivity index (χ2v) is 4.33. The molecule has 0 unspecified atom stereocenters. The molecule has 1 aromatic heterocycles. The van der Waals surface area contributed by atoms with E-state index in [4.69, 9.17) is 17.3 Å². The first-order chi connectivity index (χ1) is 7.11. The number of nitrogens with two attached hydrogens (primary N) is 1. The van der Waals surface area contributed by atoms with Crippen molar-refractivity contribution in [1.29, 1.82) is 0 Å². The van der Waals surface area contributed by atoms with Crippen LogP contribution in [0.15, 0.2) is 24.4 Å². The number of hydrogen-bond acceptors (Lipinski definition) is 2. The molecule has 0 aliphatic carbocycles. The molecular weight excluding hydrogens is 208 g/mol. The minimum atomic E-state index is 0.369. The van der Waals surface area contributed by atoms with Gasteiger partial charge in [-0.1, -0.05) is 37.6 Å². The predicted molar refractivity (Wildman–Crippen MR) is 65.3 cm³/mol. The third kappa shape index (κ3) is 1.65. The summed E-state index contributed by atoms with van der Waals surface area (Å²) >= 11 is 6.08. The molecule has 0 radical (unpaired) electrons. The van der Waals surface area contributed by atoms with E-state index in [-0.39, 0.29) is 0 Å². The Morgan fingerprint density at radius 3 is 2.73 bits per heavy atom. The molecule has 0 bridgehead atoms. The van der Waals surface area contributed by atoms with Crippen LogP contribution in [0.1, 0.15) is 25.3 Å². The molecule has 0 aliphatic rings. The lowest BCUT2D eigenvalue weighted by molar-refractivity contribution is 0.877. The van der Waals surface area contributed by atoms with Crippen molar-refractivity contribution in [2.24, 2.45) is 0 Å². The fourth-order valence-corrected chi connectivity index (χ4v) is 2.09. The Morgan fingerprint density at radius 1 is 1.33 bits per heavy atom. The molecule has 15 heavy (non-hydrogen) atoms. The summed E-state index contributed by atoms with van der Waals surface area (Å²) in [6, 6.07) is 5.79. The Morgan fingerprint density at radius 2 is 2.07 bits per heavy atom. The van der Waals surface area contributed by atoms with E-state index < -0.39 is 0 Å². The van der Waals surface area contributed by atoms with Crippen LogP contribution in [0.4, 0.5) is 5.69 Å². The fourth-order valence-electron chi connectivity index (χ4n) is 1.87. The van der Waals surface area contributed by atoms with E-state index in [0.29, 0.717) is 10.9 Å². The van der Waals surface area contributed by atoms with Crippen LogP contribution in [-0.2, 0) is 0 Å². The zero-order chi connectivity index (χ0) is 11.0.